The van der Waals surface area contributed by atoms with E-state index in [2.05, 4.69) is 16.2 Å². The van der Waals surface area contributed by atoms with E-state index in [1.165, 1.54) is 0 Å². The van der Waals surface area contributed by atoms with Crippen molar-refractivity contribution in [2.24, 2.45) is 0 Å². The van der Waals surface area contributed by atoms with Crippen LogP contribution in [0, 0.1) is 27.0 Å². The Morgan fingerprint density at radius 2 is 1.36 bits per heavy atom. The summed E-state index contributed by atoms with van der Waals surface area (Å²) < 4.78 is 0. The molecule has 0 saturated heterocycles. The van der Waals surface area contributed by atoms with Crippen LogP contribution in [0.5, 0.6) is 0 Å². The first kappa shape index (κ1) is 20.3. The fraction of sp³-hybridized carbons (Fsp3) is 0.636. The molecule has 0 saturated carbocycles. The maximum absolute atomic E-state index is 4.13. The quantitative estimate of drug-likeness (QED) is 0.630. The van der Waals surface area contributed by atoms with E-state index < -0.39 is 0 Å². The molecule has 0 N–H and O–H groups in total. The van der Waals surface area contributed by atoms with Gasteiger partial charge in [-0.3, -0.25) is 0 Å². The third kappa shape index (κ3) is 9.44. The van der Waals surface area contributed by atoms with Gasteiger partial charge >= 0.3 is 58.2 Å². The molecule has 0 atom stereocenters. The van der Waals surface area contributed by atoms with Gasteiger partial charge in [0.2, 0.25) is 0 Å². The zero-order chi connectivity index (χ0) is 10.9. The van der Waals surface area contributed by atoms with E-state index in [0.717, 1.165) is 17.1 Å². The SMILES string of the molecule is CC.CC.Cc1n[c-]c(C)c(C)n1.[Rb+]. The molecule has 0 aliphatic carbocycles. The summed E-state index contributed by atoms with van der Waals surface area (Å²) in [5.41, 5.74) is 2.04. The van der Waals surface area contributed by atoms with E-state index in [1.54, 1.807) is 0 Å². The van der Waals surface area contributed by atoms with Gasteiger partial charge in [0.15, 0.2) is 0 Å². The number of aromatic nitrogens is 2. The fourth-order valence-electron chi connectivity index (χ4n) is 0.597. The van der Waals surface area contributed by atoms with Crippen molar-refractivity contribution in [3.63, 3.8) is 0 Å². The first-order valence-electron chi connectivity index (χ1n) is 4.89. The number of aryl methyl sites for hydroxylation is 3. The fourth-order valence-corrected chi connectivity index (χ4v) is 0.597. The molecule has 1 rings (SSSR count). The zero-order valence-corrected chi connectivity index (χ0v) is 15.8. The molecule has 0 unspecified atom stereocenters. The van der Waals surface area contributed by atoms with Gasteiger partial charge in [-0.15, -0.1) is 5.56 Å². The standard InChI is InChI=1S/C7H9N2.2C2H6.Rb/c1-5-4-8-7(3)9-6(5)2;2*1-2;/h1-3H3;2*1-2H3;/q-1;;;+1. The van der Waals surface area contributed by atoms with Crippen molar-refractivity contribution in [2.45, 2.75) is 48.5 Å². The Morgan fingerprint density at radius 3 is 1.64 bits per heavy atom. The van der Waals surface area contributed by atoms with Crippen LogP contribution < -0.4 is 58.2 Å². The molecular weight excluding hydrogens is 246 g/mol. The van der Waals surface area contributed by atoms with Gasteiger partial charge in [0.25, 0.3) is 0 Å². The van der Waals surface area contributed by atoms with Crippen LogP contribution in [0.3, 0.4) is 0 Å². The van der Waals surface area contributed by atoms with Crippen LogP contribution in [0.15, 0.2) is 0 Å². The molecule has 0 spiro atoms. The van der Waals surface area contributed by atoms with Gasteiger partial charge in [0.1, 0.15) is 0 Å². The summed E-state index contributed by atoms with van der Waals surface area (Å²) in [4.78, 5) is 8.03. The Labute approximate surface area is 138 Å². The second-order valence-corrected chi connectivity index (χ2v) is 2.09. The van der Waals surface area contributed by atoms with E-state index >= 15 is 0 Å². The van der Waals surface area contributed by atoms with Gasteiger partial charge in [0, 0.05) is 5.82 Å². The van der Waals surface area contributed by atoms with E-state index in [-0.39, 0.29) is 58.2 Å². The molecule has 2 nitrogen and oxygen atoms in total. The maximum atomic E-state index is 4.13. The van der Waals surface area contributed by atoms with Crippen molar-refractivity contribution in [1.29, 1.82) is 0 Å². The third-order valence-electron chi connectivity index (χ3n) is 1.26. The van der Waals surface area contributed by atoms with E-state index in [9.17, 15) is 0 Å². The summed E-state index contributed by atoms with van der Waals surface area (Å²) >= 11 is 0. The number of hydrogen-bond acceptors (Lipinski definition) is 2. The minimum absolute atomic E-state index is 0. The number of nitrogens with zero attached hydrogens (tertiary/aromatic N) is 2. The molecule has 0 bridgehead atoms. The predicted molar refractivity (Wildman–Crippen MR) is 57.8 cm³/mol. The summed E-state index contributed by atoms with van der Waals surface area (Å²) in [7, 11) is 0. The summed E-state index contributed by atoms with van der Waals surface area (Å²) in [6.07, 6.45) is 2.86. The molecule has 1 aromatic rings. The molecule has 3 heteroatoms. The summed E-state index contributed by atoms with van der Waals surface area (Å²) in [5.74, 6) is 0.790. The van der Waals surface area contributed by atoms with Gasteiger partial charge in [-0.2, -0.15) is 0 Å². The molecule has 0 aromatic carbocycles. The van der Waals surface area contributed by atoms with Crippen LogP contribution in [-0.4, -0.2) is 9.97 Å². The van der Waals surface area contributed by atoms with Gasteiger partial charge in [-0.25, -0.2) is 0 Å². The first-order chi connectivity index (χ1) is 6.20. The monoisotopic (exact) mass is 266 g/mol. The van der Waals surface area contributed by atoms with Crippen LogP contribution >= 0.6 is 0 Å². The topological polar surface area (TPSA) is 25.8 Å². The van der Waals surface area contributed by atoms with E-state index in [0.29, 0.717) is 0 Å². The second-order valence-electron chi connectivity index (χ2n) is 2.09. The minimum atomic E-state index is 0. The van der Waals surface area contributed by atoms with Gasteiger partial charge < -0.3 is 9.97 Å². The number of hydrogen-bond donors (Lipinski definition) is 0. The van der Waals surface area contributed by atoms with Crippen molar-refractivity contribution in [3.05, 3.63) is 23.3 Å². The smallest absolute Gasteiger partial charge is 0.373 e. The normalized spacial score (nSPS) is 7.07. The predicted octanol–water partition coefficient (Wildman–Crippen LogP) is 0.258. The molecular formula is C11H21N2Rb. The van der Waals surface area contributed by atoms with Crippen molar-refractivity contribution >= 4 is 0 Å². The number of rotatable bonds is 0. The summed E-state index contributed by atoms with van der Waals surface area (Å²) in [6, 6.07) is 0. The minimum Gasteiger partial charge on any atom is -0.373 e. The zero-order valence-electron chi connectivity index (χ0n) is 10.9. The Morgan fingerprint density at radius 1 is 0.929 bits per heavy atom. The van der Waals surface area contributed by atoms with Crippen LogP contribution in [0.1, 0.15) is 44.8 Å². The molecule has 14 heavy (non-hydrogen) atoms. The summed E-state index contributed by atoms with van der Waals surface area (Å²) in [5, 5.41) is 0. The molecule has 1 heterocycles. The Bertz CT molecular complexity index is 225. The largest absolute Gasteiger partial charge is 1.00 e. The molecule has 0 amide bonds. The van der Waals surface area contributed by atoms with Crippen molar-refractivity contribution in [2.75, 3.05) is 0 Å². The molecule has 0 aliphatic rings. The van der Waals surface area contributed by atoms with Crippen LogP contribution in [0.25, 0.3) is 0 Å². The molecule has 0 aliphatic heterocycles. The van der Waals surface area contributed by atoms with Gasteiger partial charge in [0.05, 0.1) is 0 Å². The van der Waals surface area contributed by atoms with Crippen molar-refractivity contribution < 1.29 is 58.2 Å². The van der Waals surface area contributed by atoms with Crippen LogP contribution in [0.4, 0.5) is 0 Å². The van der Waals surface area contributed by atoms with E-state index in [1.807, 2.05) is 48.5 Å². The first-order valence-corrected chi connectivity index (χ1v) is 4.89. The summed E-state index contributed by atoms with van der Waals surface area (Å²) in [6.45, 7) is 13.8. The second kappa shape index (κ2) is 13.9. The van der Waals surface area contributed by atoms with Crippen LogP contribution in [-0.2, 0) is 0 Å². The third-order valence-corrected chi connectivity index (χ3v) is 1.26. The Balaban J connectivity index is -0.000000216. The van der Waals surface area contributed by atoms with Gasteiger partial charge in [-0.1, -0.05) is 60.4 Å². The Kier molecular flexibility index (Phi) is 20.1. The van der Waals surface area contributed by atoms with Gasteiger partial charge in [-0.05, 0) is 0 Å². The molecule has 0 radical (unpaired) electrons. The molecule has 0 fully saturated rings. The average Bonchev–Trinajstić information content (AvgIpc) is 2.18. The molecule has 76 valence electrons. The van der Waals surface area contributed by atoms with Crippen molar-refractivity contribution in [3.8, 4) is 0 Å². The molecule has 1 aromatic heterocycles. The van der Waals surface area contributed by atoms with E-state index in [4.69, 9.17) is 0 Å². The average molecular weight is 267 g/mol. The van der Waals surface area contributed by atoms with Crippen LogP contribution in [0.2, 0.25) is 0 Å². The van der Waals surface area contributed by atoms with Crippen molar-refractivity contribution in [1.82, 2.24) is 9.97 Å². The maximum Gasteiger partial charge on any atom is 1.00 e. The Hall–Kier alpha value is 0.885.